The molecule has 1 aliphatic heterocycles. The maximum Gasteiger partial charge on any atom is 0.0967 e. The van der Waals surface area contributed by atoms with Crippen LogP contribution >= 0.6 is 98.0 Å². The summed E-state index contributed by atoms with van der Waals surface area (Å²) >= 11 is 26.2. The van der Waals surface area contributed by atoms with E-state index < -0.39 is 14.1 Å². The van der Waals surface area contributed by atoms with Gasteiger partial charge in [0.1, 0.15) is 0 Å². The molecule has 0 nitrogen and oxygen atoms in total. The van der Waals surface area contributed by atoms with E-state index >= 15 is 0 Å². The second kappa shape index (κ2) is 5.66. The zero-order chi connectivity index (χ0) is 16.1. The third-order valence-corrected chi connectivity index (χ3v) is 99.4. The molecule has 0 fully saturated rings. The average molecular weight is 631 g/mol. The van der Waals surface area contributed by atoms with Gasteiger partial charge < -0.3 is 0 Å². The number of hydrogen-bond donors (Lipinski definition) is 0. The van der Waals surface area contributed by atoms with Crippen LogP contribution in [0, 0.1) is 0 Å². The summed E-state index contributed by atoms with van der Waals surface area (Å²) in [5, 5.41) is 3.29. The van der Waals surface area contributed by atoms with Gasteiger partial charge in [0.25, 0.3) is 0 Å². The SMILES string of the molecule is C[P+]1(C)c2ccccc2[P+](C)(C)[Si-2]1(Br)(Br)(Br)Br.ClCCl. The Bertz CT molecular complexity index is 501. The van der Waals surface area contributed by atoms with Gasteiger partial charge >= 0.3 is 137 Å². The summed E-state index contributed by atoms with van der Waals surface area (Å²) in [5.74, 6) is 0. The first kappa shape index (κ1) is 20.8. The van der Waals surface area contributed by atoms with Gasteiger partial charge in [-0.1, -0.05) is 0 Å². The van der Waals surface area contributed by atoms with E-state index in [0.29, 0.717) is 0 Å². The van der Waals surface area contributed by atoms with Crippen molar-refractivity contribution in [2.45, 2.75) is 0 Å². The van der Waals surface area contributed by atoms with Crippen molar-refractivity contribution in [3.05, 3.63) is 24.3 Å². The minimum absolute atomic E-state index is 0.194. The van der Waals surface area contributed by atoms with Crippen molar-refractivity contribution < 1.29 is 0 Å². The quantitative estimate of drug-likeness (QED) is 0.127. The number of benzene rings is 1. The van der Waals surface area contributed by atoms with E-state index in [1.54, 1.807) is 10.6 Å². The molecule has 1 aliphatic rings. The molecule has 20 heavy (non-hydrogen) atoms. The molecule has 9 heteroatoms. The predicted octanol–water partition coefficient (Wildman–Crippen LogP) is 6.84. The minimum Gasteiger partial charge on any atom is -0.109 e. The first-order valence-electron chi connectivity index (χ1n) is 5.80. The Hall–Kier alpha value is 2.80. The van der Waals surface area contributed by atoms with Crippen LogP contribution in [-0.2, 0) is 0 Å². The second-order valence-corrected chi connectivity index (χ2v) is 87.8. The molecule has 0 radical (unpaired) electrons. The summed E-state index contributed by atoms with van der Waals surface area (Å²) in [6.45, 7) is 6.94. The first-order valence-corrected chi connectivity index (χ1v) is 25.9. The Morgan fingerprint density at radius 2 is 1.10 bits per heavy atom. The summed E-state index contributed by atoms with van der Waals surface area (Å²) in [6, 6.07) is 8.92. The van der Waals surface area contributed by atoms with Crippen LogP contribution in [0.4, 0.5) is 0 Å². The van der Waals surface area contributed by atoms with Gasteiger partial charge in [-0.15, -0.1) is 23.2 Å². The maximum absolute atomic E-state index is 4.76. The summed E-state index contributed by atoms with van der Waals surface area (Å²) in [6.07, 6.45) is 0. The van der Waals surface area contributed by atoms with Crippen LogP contribution in [0.15, 0.2) is 24.3 Å². The third-order valence-electron chi connectivity index (χ3n) is 4.28. The van der Waals surface area contributed by atoms with E-state index in [1.807, 2.05) is 0 Å². The van der Waals surface area contributed by atoms with Gasteiger partial charge in [-0.25, -0.2) is 0 Å². The fraction of sp³-hybridized carbons (Fsp3) is 0.455. The molecule has 0 aliphatic carbocycles. The van der Waals surface area contributed by atoms with Gasteiger partial charge in [-0.2, -0.15) is 0 Å². The van der Waals surface area contributed by atoms with E-state index in [2.05, 4.69) is 112 Å². The Kier molecular flexibility index (Phi) is 5.90. The maximum atomic E-state index is 4.76. The fourth-order valence-corrected chi connectivity index (χ4v) is 43.7. The van der Waals surface area contributed by atoms with Gasteiger partial charge in [0.2, 0.25) is 0 Å². The van der Waals surface area contributed by atoms with Crippen molar-refractivity contribution in [3.8, 4) is 0 Å². The predicted molar refractivity (Wildman–Crippen MR) is 121 cm³/mol. The summed E-state index contributed by atoms with van der Waals surface area (Å²) < 4.78 is -3.26. The number of hydrogen-bond acceptors (Lipinski definition) is 0. The standard InChI is InChI=1S/C10H16Br4P2Si.CH2Cl2/c1-15(2)9-7-5-6-8-10(9)16(3,4)17(15,11,12,13)14;2-1-3/h5-8H,1-4H3;1H2. The van der Waals surface area contributed by atoms with E-state index in [9.17, 15) is 0 Å². The largest absolute Gasteiger partial charge is 0.109 e. The molecular formula is C11H18Br4Cl2P2Si. The number of rotatable bonds is 0. The van der Waals surface area contributed by atoms with Gasteiger partial charge in [0.15, 0.2) is 0 Å². The molecule has 118 valence electrons. The molecule has 0 atom stereocenters. The summed E-state index contributed by atoms with van der Waals surface area (Å²) in [7, 11) is 0. The van der Waals surface area contributed by atoms with Crippen molar-refractivity contribution in [3.63, 3.8) is 0 Å². The molecule has 0 spiro atoms. The van der Waals surface area contributed by atoms with Crippen LogP contribution in [0.1, 0.15) is 0 Å². The van der Waals surface area contributed by atoms with Gasteiger partial charge in [-0.3, -0.25) is 0 Å². The molecule has 0 aromatic heterocycles. The van der Waals surface area contributed by atoms with Crippen LogP contribution in [0.5, 0.6) is 0 Å². The molecule has 0 saturated carbocycles. The molecule has 0 N–H and O–H groups in total. The monoisotopic (exact) mass is 626 g/mol. The molecular weight excluding hydrogens is 613 g/mol. The smallest absolute Gasteiger partial charge is 0.0967 e. The number of fused-ring (bicyclic) bond motifs is 1. The van der Waals surface area contributed by atoms with Crippen molar-refractivity contribution in [2.24, 2.45) is 0 Å². The zero-order valence-corrected chi connectivity index (χ0v) is 22.3. The van der Waals surface area contributed by atoms with Gasteiger partial charge in [-0.05, 0) is 0 Å². The summed E-state index contributed by atoms with van der Waals surface area (Å²) in [4.78, 5) is 0. The van der Waals surface area contributed by atoms with E-state index in [4.69, 9.17) is 23.2 Å². The average Bonchev–Trinajstić information content (AvgIpc) is 2.34. The van der Waals surface area contributed by atoms with Gasteiger partial charge in [0, 0.05) is 0 Å². The molecule has 1 aromatic carbocycles. The number of alkyl halides is 2. The molecule has 1 aromatic rings. The molecule has 0 bridgehead atoms. The van der Waals surface area contributed by atoms with Crippen molar-refractivity contribution >= 4 is 109 Å². The topological polar surface area (TPSA) is 0 Å². The molecule has 2 rings (SSSR count). The molecule has 1 heterocycles. The number of halogens is 6. The minimum atomic E-state index is -3.26. The first-order chi connectivity index (χ1) is 8.68. The third kappa shape index (κ3) is 2.62. The van der Waals surface area contributed by atoms with Crippen LogP contribution in [0.25, 0.3) is 0 Å². The van der Waals surface area contributed by atoms with Crippen LogP contribution in [-0.4, -0.2) is 32.4 Å². The van der Waals surface area contributed by atoms with Crippen molar-refractivity contribution in [1.82, 2.24) is 0 Å². The molecule has 0 saturated heterocycles. The van der Waals surface area contributed by atoms with Crippen LogP contribution in [0.3, 0.4) is 0 Å². The van der Waals surface area contributed by atoms with E-state index in [1.165, 1.54) is 0 Å². The van der Waals surface area contributed by atoms with Crippen LogP contribution < -0.4 is 10.6 Å². The van der Waals surface area contributed by atoms with E-state index in [-0.39, 0.29) is 5.34 Å². The molecule has 0 amide bonds. The van der Waals surface area contributed by atoms with Gasteiger partial charge in [0.05, 0.1) is 5.34 Å². The normalized spacial score (nSPS) is 29.5. The summed E-state index contributed by atoms with van der Waals surface area (Å²) in [5.41, 5.74) is 0. The van der Waals surface area contributed by atoms with Crippen molar-refractivity contribution in [2.75, 3.05) is 32.0 Å². The Labute approximate surface area is 163 Å². The zero-order valence-electron chi connectivity index (χ0n) is 11.7. The van der Waals surface area contributed by atoms with Crippen LogP contribution in [0.2, 0.25) is 0 Å². The van der Waals surface area contributed by atoms with Crippen molar-refractivity contribution in [1.29, 1.82) is 0 Å². The second-order valence-electron chi connectivity index (χ2n) is 5.70. The molecule has 0 unspecified atom stereocenters. The Morgan fingerprint density at radius 3 is 1.35 bits per heavy atom. The Morgan fingerprint density at radius 1 is 0.850 bits per heavy atom. The fourth-order valence-electron chi connectivity index (χ4n) is 2.51. The Balaban J connectivity index is 0.000000612. The van der Waals surface area contributed by atoms with E-state index in [0.717, 1.165) is 0 Å².